The second-order valence-electron chi connectivity index (χ2n) is 9.64. The number of unbranched alkanes of at least 4 members (excludes halogenated alkanes) is 2. The molecule has 0 aliphatic carbocycles. The summed E-state index contributed by atoms with van der Waals surface area (Å²) in [4.78, 5) is 43.3. The van der Waals surface area contributed by atoms with Crippen LogP contribution in [-0.4, -0.2) is 80.1 Å². The van der Waals surface area contributed by atoms with E-state index in [1.165, 1.54) is 4.90 Å². The Kier molecular flexibility index (Phi) is 7.68. The van der Waals surface area contributed by atoms with Gasteiger partial charge in [0.1, 0.15) is 11.6 Å². The Morgan fingerprint density at radius 2 is 2.06 bits per heavy atom. The van der Waals surface area contributed by atoms with Crippen molar-refractivity contribution in [3.8, 4) is 0 Å². The van der Waals surface area contributed by atoms with Crippen molar-refractivity contribution in [2.75, 3.05) is 19.7 Å². The Labute approximate surface area is 214 Å². The van der Waals surface area contributed by atoms with Gasteiger partial charge in [0.05, 0.1) is 30.6 Å². The van der Waals surface area contributed by atoms with E-state index in [2.05, 4.69) is 29.4 Å². The third-order valence-electron chi connectivity index (χ3n) is 7.63. The summed E-state index contributed by atoms with van der Waals surface area (Å²) in [6, 6.07) is 7.19. The lowest BCUT2D eigenvalue weighted by molar-refractivity contribution is -0.153. The number of ether oxygens (including phenoxy) is 1. The number of aliphatic carboxylic acids is 1. The molecule has 3 aliphatic heterocycles. The molecule has 0 aromatic heterocycles. The van der Waals surface area contributed by atoms with Crippen molar-refractivity contribution in [3.63, 3.8) is 0 Å². The number of amides is 2. The van der Waals surface area contributed by atoms with E-state index in [-0.39, 0.29) is 10.7 Å². The fourth-order valence-corrected chi connectivity index (χ4v) is 7.11. The first-order valence-corrected chi connectivity index (χ1v) is 13.2. The Balaban J connectivity index is 1.81. The van der Waals surface area contributed by atoms with Gasteiger partial charge in [0.15, 0.2) is 0 Å². The lowest BCUT2D eigenvalue weighted by Gasteiger charge is -2.39. The summed E-state index contributed by atoms with van der Waals surface area (Å²) in [7, 11) is 0. The summed E-state index contributed by atoms with van der Waals surface area (Å²) in [5.74, 6) is -3.92. The monoisotopic (exact) mass is 548 g/mol. The molecular weight excluding hydrogens is 516 g/mol. The lowest BCUT2D eigenvalue weighted by Crippen LogP contribution is -2.57. The summed E-state index contributed by atoms with van der Waals surface area (Å²) >= 11 is 3.56. The van der Waals surface area contributed by atoms with E-state index in [9.17, 15) is 24.6 Å². The van der Waals surface area contributed by atoms with Crippen LogP contribution in [0.15, 0.2) is 43.0 Å². The van der Waals surface area contributed by atoms with Crippen molar-refractivity contribution >= 4 is 33.7 Å². The number of halogens is 1. The molecule has 1 spiro atoms. The minimum absolute atomic E-state index is 0.292. The number of benzene rings is 1. The van der Waals surface area contributed by atoms with Crippen molar-refractivity contribution in [1.82, 2.24) is 9.80 Å². The van der Waals surface area contributed by atoms with Gasteiger partial charge in [-0.1, -0.05) is 72.1 Å². The summed E-state index contributed by atoms with van der Waals surface area (Å²) in [5, 5.41) is 20.5. The predicted octanol–water partition coefficient (Wildman–Crippen LogP) is 2.76. The molecule has 4 rings (SSSR count). The van der Waals surface area contributed by atoms with E-state index >= 15 is 0 Å². The molecule has 0 saturated carbocycles. The molecule has 7 atom stereocenters. The molecule has 3 saturated heterocycles. The number of aliphatic hydroxyl groups is 1. The normalized spacial score (nSPS) is 31.9. The van der Waals surface area contributed by atoms with E-state index in [4.69, 9.17) is 4.74 Å². The zero-order valence-corrected chi connectivity index (χ0v) is 21.5. The summed E-state index contributed by atoms with van der Waals surface area (Å²) in [6.45, 7) is 6.28. The number of hydrogen-bond acceptors (Lipinski definition) is 5. The molecule has 3 heterocycles. The summed E-state index contributed by atoms with van der Waals surface area (Å²) in [6.07, 6.45) is 4.05. The van der Waals surface area contributed by atoms with Gasteiger partial charge in [0.2, 0.25) is 11.8 Å². The van der Waals surface area contributed by atoms with Gasteiger partial charge in [-0.25, -0.2) is 0 Å². The molecule has 35 heavy (non-hydrogen) atoms. The molecule has 8 nitrogen and oxygen atoms in total. The highest BCUT2D eigenvalue weighted by Gasteiger charge is 2.77. The maximum Gasteiger partial charge on any atom is 0.310 e. The van der Waals surface area contributed by atoms with Crippen LogP contribution in [0.25, 0.3) is 0 Å². The third-order valence-corrected chi connectivity index (χ3v) is 8.48. The number of alkyl halides is 1. The van der Waals surface area contributed by atoms with Gasteiger partial charge in [0.25, 0.3) is 0 Å². The number of nitrogens with zero attached hydrogens (tertiary/aromatic N) is 2. The maximum absolute atomic E-state index is 14.2. The first-order chi connectivity index (χ1) is 16.8. The highest BCUT2D eigenvalue weighted by atomic mass is 79.9. The number of carbonyl (C=O) groups is 3. The van der Waals surface area contributed by atoms with Crippen LogP contribution in [0.4, 0.5) is 0 Å². The molecule has 1 unspecified atom stereocenters. The smallest absolute Gasteiger partial charge is 0.310 e. The van der Waals surface area contributed by atoms with Crippen LogP contribution in [-0.2, 0) is 19.1 Å². The van der Waals surface area contributed by atoms with Crippen molar-refractivity contribution in [3.05, 3.63) is 48.6 Å². The van der Waals surface area contributed by atoms with E-state index in [0.29, 0.717) is 25.1 Å². The molecule has 1 aromatic rings. The lowest BCUT2D eigenvalue weighted by atomic mass is 9.70. The second-order valence-corrected chi connectivity index (χ2v) is 10.8. The molecule has 3 fully saturated rings. The topological polar surface area (TPSA) is 107 Å². The van der Waals surface area contributed by atoms with Crippen LogP contribution < -0.4 is 0 Å². The predicted molar refractivity (Wildman–Crippen MR) is 133 cm³/mol. The fraction of sp³-hybridized carbons (Fsp3) is 0.577. The Bertz CT molecular complexity index is 974. The second kappa shape index (κ2) is 10.4. The third kappa shape index (κ3) is 4.21. The minimum atomic E-state index is -1.28. The largest absolute Gasteiger partial charge is 0.481 e. The van der Waals surface area contributed by atoms with Crippen LogP contribution >= 0.6 is 15.9 Å². The zero-order chi connectivity index (χ0) is 25.3. The molecule has 2 N–H and O–H groups in total. The van der Waals surface area contributed by atoms with Crippen molar-refractivity contribution in [1.29, 1.82) is 0 Å². The van der Waals surface area contributed by atoms with E-state index in [0.717, 1.165) is 19.3 Å². The highest BCUT2D eigenvalue weighted by molar-refractivity contribution is 9.09. The van der Waals surface area contributed by atoms with Crippen LogP contribution in [0.2, 0.25) is 0 Å². The molecule has 0 radical (unpaired) electrons. The van der Waals surface area contributed by atoms with Crippen LogP contribution in [0.5, 0.6) is 0 Å². The number of hydrogen-bond donors (Lipinski definition) is 2. The molecule has 1 aromatic carbocycles. The van der Waals surface area contributed by atoms with Crippen molar-refractivity contribution in [2.45, 2.75) is 61.2 Å². The molecule has 2 bridgehead atoms. The summed E-state index contributed by atoms with van der Waals surface area (Å²) < 4.78 is 6.34. The number of aliphatic hydroxyl groups excluding tert-OH is 1. The number of rotatable bonds is 11. The molecule has 2 amide bonds. The number of likely N-dealkylation sites (tertiary alicyclic amines) is 1. The van der Waals surface area contributed by atoms with Crippen LogP contribution in [0.3, 0.4) is 0 Å². The minimum Gasteiger partial charge on any atom is -0.481 e. The highest BCUT2D eigenvalue weighted by Crippen LogP contribution is 2.61. The van der Waals surface area contributed by atoms with Crippen LogP contribution in [0.1, 0.15) is 44.2 Å². The maximum atomic E-state index is 14.2. The van der Waals surface area contributed by atoms with Gasteiger partial charge in [-0.2, -0.15) is 0 Å². The van der Waals surface area contributed by atoms with Gasteiger partial charge >= 0.3 is 5.97 Å². The number of fused-ring (bicyclic) bond motifs is 1. The number of carbonyl (C=O) groups excluding carboxylic acids is 2. The zero-order valence-electron chi connectivity index (χ0n) is 19.9. The van der Waals surface area contributed by atoms with E-state index in [1.54, 1.807) is 35.2 Å². The van der Waals surface area contributed by atoms with Crippen molar-refractivity contribution in [2.24, 2.45) is 11.8 Å². The molecule has 3 aliphatic rings. The molecule has 9 heteroatoms. The first kappa shape index (κ1) is 25.9. The van der Waals surface area contributed by atoms with Gasteiger partial charge in [-0.05, 0) is 18.4 Å². The fourth-order valence-electron chi connectivity index (χ4n) is 6.17. The molecule has 190 valence electrons. The van der Waals surface area contributed by atoms with E-state index < -0.39 is 54.1 Å². The SMILES string of the molecule is C=CCN(CCCCC)C(=O)[C@@H]1N([C@H](CO)c2ccccc2)C(=O)[C@H]2[C@H](C(=O)O)[C@H]3O[C@@]12CC3Br. The average Bonchev–Trinajstić information content (AvgIpc) is 3.43. The standard InChI is InChI=1S/C26H33BrN2O6/c1-3-5-9-13-28(12-4-2)24(32)22-26-14-17(27)21(35-26)19(25(33)34)20(26)23(31)29(22)18(15-30)16-10-7-6-8-11-16/h4,6-8,10-11,17-22,30H,2-3,5,9,12-15H2,1H3,(H,33,34)/t17?,18-,19+,20-,21+,22+,26-/m1/s1. The average molecular weight is 549 g/mol. The van der Waals surface area contributed by atoms with Gasteiger partial charge in [-0.3, -0.25) is 14.4 Å². The van der Waals surface area contributed by atoms with Gasteiger partial charge < -0.3 is 24.7 Å². The Hall–Kier alpha value is -2.23. The quantitative estimate of drug-likeness (QED) is 0.250. The number of carboxylic acids is 1. The first-order valence-electron chi connectivity index (χ1n) is 12.2. The van der Waals surface area contributed by atoms with Gasteiger partial charge in [0, 0.05) is 17.9 Å². The van der Waals surface area contributed by atoms with Crippen LogP contribution in [0, 0.1) is 11.8 Å². The Morgan fingerprint density at radius 1 is 1.34 bits per heavy atom. The van der Waals surface area contributed by atoms with Crippen molar-refractivity contribution < 1.29 is 29.3 Å². The molecular formula is C26H33BrN2O6. The number of carboxylic acid groups (broad SMARTS) is 1. The van der Waals surface area contributed by atoms with E-state index in [1.807, 2.05) is 6.07 Å². The Morgan fingerprint density at radius 3 is 2.66 bits per heavy atom. The van der Waals surface area contributed by atoms with Gasteiger partial charge in [-0.15, -0.1) is 6.58 Å². The summed E-state index contributed by atoms with van der Waals surface area (Å²) in [5.41, 5.74) is -0.599.